The molecule has 0 unspecified atom stereocenters. The molecule has 0 aliphatic carbocycles. The number of aryl methyl sites for hydroxylation is 1. The number of hydrogen-bond donors (Lipinski definition) is 1. The van der Waals surface area contributed by atoms with Crippen LogP contribution in [0.4, 0.5) is 5.82 Å². The third-order valence-corrected chi connectivity index (χ3v) is 6.57. The molecule has 7 heteroatoms. The summed E-state index contributed by atoms with van der Waals surface area (Å²) in [7, 11) is 3.27. The molecule has 1 aliphatic rings. The minimum Gasteiger partial charge on any atom is -0.496 e. The van der Waals surface area contributed by atoms with Crippen molar-refractivity contribution in [3.8, 4) is 22.6 Å². The highest BCUT2D eigenvalue weighted by Crippen LogP contribution is 2.44. The third kappa shape index (κ3) is 3.30. The van der Waals surface area contributed by atoms with E-state index in [4.69, 9.17) is 14.5 Å². The summed E-state index contributed by atoms with van der Waals surface area (Å²) in [5.41, 5.74) is 3.93. The highest BCUT2D eigenvalue weighted by Gasteiger charge is 2.32. The first-order chi connectivity index (χ1) is 15.1. The Morgan fingerprint density at radius 1 is 1.03 bits per heavy atom. The predicted octanol–water partition coefficient (Wildman–Crippen LogP) is 4.74. The number of rotatable bonds is 4. The van der Waals surface area contributed by atoms with Crippen molar-refractivity contribution in [1.82, 2.24) is 9.97 Å². The zero-order chi connectivity index (χ0) is 21.5. The number of β-amino-alcohol motifs (C(OH)–C–C–N with tert-alkyl or cyclic N) is 1. The molecule has 1 N–H and O–H groups in total. The van der Waals surface area contributed by atoms with Crippen LogP contribution in [-0.2, 0) is 6.54 Å². The van der Waals surface area contributed by atoms with E-state index < -0.39 is 6.10 Å². The standard InChI is InChI=1S/C24H23N3O3S/c1-14-25-23(22-17(13-31-24(22)26-14)15-7-5-4-6-8-15)27-11-16-19(29-2)9-10-20(30-3)21(16)18(28)12-27/h4-10,13,18,28H,11-12H2,1-3H3/t18-/m1/s1. The van der Waals surface area contributed by atoms with Gasteiger partial charge in [0.05, 0.1) is 26.2 Å². The normalized spacial score (nSPS) is 15.7. The number of aliphatic hydroxyl groups excluding tert-OH is 1. The highest BCUT2D eigenvalue weighted by molar-refractivity contribution is 7.17. The fraction of sp³-hybridized carbons (Fsp3) is 0.250. The van der Waals surface area contributed by atoms with E-state index in [0.717, 1.165) is 44.0 Å². The van der Waals surface area contributed by atoms with Crippen LogP contribution in [0.25, 0.3) is 21.3 Å². The second-order valence-electron chi connectivity index (χ2n) is 7.55. The van der Waals surface area contributed by atoms with Gasteiger partial charge in [-0.1, -0.05) is 30.3 Å². The summed E-state index contributed by atoms with van der Waals surface area (Å²) in [6, 6.07) is 14.0. The molecule has 2 aromatic heterocycles. The molecule has 0 amide bonds. The lowest BCUT2D eigenvalue weighted by Crippen LogP contribution is -2.35. The predicted molar refractivity (Wildman–Crippen MR) is 123 cm³/mol. The molecular weight excluding hydrogens is 410 g/mol. The lowest BCUT2D eigenvalue weighted by Gasteiger charge is -2.35. The van der Waals surface area contributed by atoms with Crippen LogP contribution in [0.5, 0.6) is 11.5 Å². The number of nitrogens with zero attached hydrogens (tertiary/aromatic N) is 3. The number of aliphatic hydroxyl groups is 1. The molecule has 0 saturated carbocycles. The number of benzene rings is 2. The Labute approximate surface area is 184 Å². The van der Waals surface area contributed by atoms with Crippen LogP contribution in [0.1, 0.15) is 23.1 Å². The molecule has 31 heavy (non-hydrogen) atoms. The van der Waals surface area contributed by atoms with Crippen molar-refractivity contribution < 1.29 is 14.6 Å². The lowest BCUT2D eigenvalue weighted by molar-refractivity contribution is 0.169. The van der Waals surface area contributed by atoms with Crippen LogP contribution < -0.4 is 14.4 Å². The number of hydrogen-bond acceptors (Lipinski definition) is 7. The van der Waals surface area contributed by atoms with Gasteiger partial charge in [-0.25, -0.2) is 9.97 Å². The van der Waals surface area contributed by atoms with E-state index in [1.54, 1.807) is 25.6 Å². The quantitative estimate of drug-likeness (QED) is 0.502. The second kappa shape index (κ2) is 7.83. The highest BCUT2D eigenvalue weighted by atomic mass is 32.1. The van der Waals surface area contributed by atoms with Crippen molar-refractivity contribution in [2.75, 3.05) is 25.7 Å². The average molecular weight is 434 g/mol. The van der Waals surface area contributed by atoms with Gasteiger partial charge in [-0.05, 0) is 24.6 Å². The molecule has 2 aromatic carbocycles. The Morgan fingerprint density at radius 2 is 1.77 bits per heavy atom. The van der Waals surface area contributed by atoms with Crippen molar-refractivity contribution >= 4 is 27.4 Å². The van der Waals surface area contributed by atoms with Crippen molar-refractivity contribution in [2.24, 2.45) is 0 Å². The molecule has 0 radical (unpaired) electrons. The van der Waals surface area contributed by atoms with Gasteiger partial charge in [0.15, 0.2) is 0 Å². The van der Waals surface area contributed by atoms with E-state index in [-0.39, 0.29) is 0 Å². The summed E-state index contributed by atoms with van der Waals surface area (Å²) >= 11 is 1.62. The first-order valence-corrected chi connectivity index (χ1v) is 11.0. The minimum absolute atomic E-state index is 0.409. The molecule has 6 nitrogen and oxygen atoms in total. The van der Waals surface area contributed by atoms with Gasteiger partial charge in [-0.15, -0.1) is 11.3 Å². The van der Waals surface area contributed by atoms with Crippen LogP contribution >= 0.6 is 11.3 Å². The molecule has 1 atom stereocenters. The topological polar surface area (TPSA) is 67.7 Å². The Hall–Kier alpha value is -3.16. The van der Waals surface area contributed by atoms with E-state index in [0.29, 0.717) is 24.7 Å². The number of aromatic nitrogens is 2. The molecule has 5 rings (SSSR count). The van der Waals surface area contributed by atoms with E-state index in [2.05, 4.69) is 27.4 Å². The van der Waals surface area contributed by atoms with Gasteiger partial charge < -0.3 is 19.5 Å². The van der Waals surface area contributed by atoms with Gasteiger partial charge >= 0.3 is 0 Å². The first kappa shape index (κ1) is 19.8. The monoisotopic (exact) mass is 433 g/mol. The summed E-state index contributed by atoms with van der Waals surface area (Å²) in [6.07, 6.45) is -0.724. The molecule has 158 valence electrons. The SMILES string of the molecule is COc1ccc(OC)c2c1CN(c1nc(C)nc3scc(-c4ccccc4)c13)C[C@H]2O. The van der Waals surface area contributed by atoms with Crippen molar-refractivity contribution in [1.29, 1.82) is 0 Å². The van der Waals surface area contributed by atoms with E-state index in [1.807, 2.05) is 37.3 Å². The summed E-state index contributed by atoms with van der Waals surface area (Å²) in [4.78, 5) is 12.6. The molecule has 0 saturated heterocycles. The third-order valence-electron chi connectivity index (χ3n) is 5.70. The first-order valence-electron chi connectivity index (χ1n) is 10.1. The van der Waals surface area contributed by atoms with Gasteiger partial charge in [0, 0.05) is 28.6 Å². The maximum atomic E-state index is 11.1. The van der Waals surface area contributed by atoms with Crippen LogP contribution in [-0.4, -0.2) is 35.8 Å². The smallest absolute Gasteiger partial charge is 0.142 e. The Morgan fingerprint density at radius 3 is 2.52 bits per heavy atom. The zero-order valence-corrected chi connectivity index (χ0v) is 18.4. The van der Waals surface area contributed by atoms with Gasteiger partial charge in [0.1, 0.15) is 34.1 Å². The Kier molecular flexibility index (Phi) is 5.00. The summed E-state index contributed by atoms with van der Waals surface area (Å²) in [5, 5.41) is 14.2. The molecule has 0 bridgehead atoms. The number of fused-ring (bicyclic) bond motifs is 2. The van der Waals surface area contributed by atoms with Gasteiger partial charge in [0.2, 0.25) is 0 Å². The minimum atomic E-state index is -0.724. The molecular formula is C24H23N3O3S. The fourth-order valence-electron chi connectivity index (χ4n) is 4.32. The second-order valence-corrected chi connectivity index (χ2v) is 8.41. The molecule has 0 fully saturated rings. The molecule has 1 aliphatic heterocycles. The van der Waals surface area contributed by atoms with Gasteiger partial charge in [0.25, 0.3) is 0 Å². The van der Waals surface area contributed by atoms with Gasteiger partial charge in [-0.3, -0.25) is 0 Å². The summed E-state index contributed by atoms with van der Waals surface area (Å²) in [5.74, 6) is 2.95. The molecule has 4 aromatic rings. The van der Waals surface area contributed by atoms with E-state index >= 15 is 0 Å². The lowest BCUT2D eigenvalue weighted by atomic mass is 9.94. The van der Waals surface area contributed by atoms with E-state index in [9.17, 15) is 5.11 Å². The van der Waals surface area contributed by atoms with Crippen molar-refractivity contribution in [2.45, 2.75) is 19.6 Å². The number of methoxy groups -OCH3 is 2. The number of thiophene rings is 1. The van der Waals surface area contributed by atoms with Crippen molar-refractivity contribution in [3.63, 3.8) is 0 Å². The Bertz CT molecular complexity index is 1260. The maximum Gasteiger partial charge on any atom is 0.142 e. The van der Waals surface area contributed by atoms with Crippen LogP contribution in [0, 0.1) is 6.92 Å². The van der Waals surface area contributed by atoms with Gasteiger partial charge in [-0.2, -0.15) is 0 Å². The maximum absolute atomic E-state index is 11.1. The van der Waals surface area contributed by atoms with Crippen LogP contribution in [0.15, 0.2) is 47.8 Å². The molecule has 0 spiro atoms. The van der Waals surface area contributed by atoms with E-state index in [1.165, 1.54) is 0 Å². The average Bonchev–Trinajstić information content (AvgIpc) is 3.22. The summed E-state index contributed by atoms with van der Waals surface area (Å²) in [6.45, 7) is 2.87. The molecule has 3 heterocycles. The Balaban J connectivity index is 1.68. The number of anilines is 1. The zero-order valence-electron chi connectivity index (χ0n) is 17.6. The van der Waals surface area contributed by atoms with Crippen LogP contribution in [0.2, 0.25) is 0 Å². The van der Waals surface area contributed by atoms with Crippen molar-refractivity contribution in [3.05, 3.63) is 64.8 Å². The summed E-state index contributed by atoms with van der Waals surface area (Å²) < 4.78 is 11.1. The fourth-order valence-corrected chi connectivity index (χ4v) is 5.31. The largest absolute Gasteiger partial charge is 0.496 e. The number of ether oxygens (including phenoxy) is 2. The van der Waals surface area contributed by atoms with Crippen LogP contribution in [0.3, 0.4) is 0 Å².